The summed E-state index contributed by atoms with van der Waals surface area (Å²) in [6.07, 6.45) is -1.28. The summed E-state index contributed by atoms with van der Waals surface area (Å²) in [5.74, 6) is -2.31. The van der Waals surface area contributed by atoms with Crippen molar-refractivity contribution in [2.45, 2.75) is 30.4 Å². The highest BCUT2D eigenvalue weighted by molar-refractivity contribution is 7.89. The maximum absolute atomic E-state index is 13.7. The third-order valence-corrected chi connectivity index (χ3v) is 5.08. The van der Waals surface area contributed by atoms with Crippen LogP contribution in [-0.4, -0.2) is 47.6 Å². The minimum atomic E-state index is -4.30. The molecule has 1 heterocycles. The van der Waals surface area contributed by atoms with Gasteiger partial charge in [0.25, 0.3) is 0 Å². The van der Waals surface area contributed by atoms with E-state index in [-0.39, 0.29) is 13.0 Å². The Bertz CT molecular complexity index is 645. The summed E-state index contributed by atoms with van der Waals surface area (Å²) >= 11 is 0. The zero-order chi connectivity index (χ0) is 15.1. The van der Waals surface area contributed by atoms with E-state index in [1.807, 2.05) is 0 Å². The van der Waals surface area contributed by atoms with Crippen LogP contribution >= 0.6 is 0 Å². The number of aliphatic hydroxyl groups excluding tert-OH is 1. The van der Waals surface area contributed by atoms with Crippen LogP contribution in [-0.2, 0) is 14.8 Å². The van der Waals surface area contributed by atoms with Crippen molar-refractivity contribution in [2.24, 2.45) is 0 Å². The summed E-state index contributed by atoms with van der Waals surface area (Å²) in [5.41, 5.74) is 0.539. The van der Waals surface area contributed by atoms with Crippen molar-refractivity contribution in [3.63, 3.8) is 0 Å². The lowest BCUT2D eigenvalue weighted by atomic mass is 10.2. The molecule has 0 saturated carbocycles. The normalized spacial score (nSPS) is 23.9. The molecule has 1 fully saturated rings. The summed E-state index contributed by atoms with van der Waals surface area (Å²) in [7, 11) is -4.30. The van der Waals surface area contributed by atoms with Crippen LogP contribution in [0.4, 0.5) is 4.39 Å². The molecular weight excluding hydrogens is 289 g/mol. The Morgan fingerprint density at radius 1 is 1.45 bits per heavy atom. The van der Waals surface area contributed by atoms with E-state index in [1.165, 1.54) is 6.07 Å². The van der Waals surface area contributed by atoms with Crippen LogP contribution < -0.4 is 0 Å². The second-order valence-electron chi connectivity index (χ2n) is 4.75. The van der Waals surface area contributed by atoms with Gasteiger partial charge in [0.15, 0.2) is 0 Å². The van der Waals surface area contributed by atoms with Gasteiger partial charge in [0.1, 0.15) is 16.8 Å². The largest absolute Gasteiger partial charge is 0.480 e. The molecule has 0 amide bonds. The Morgan fingerprint density at radius 3 is 2.70 bits per heavy atom. The zero-order valence-electron chi connectivity index (χ0n) is 10.7. The van der Waals surface area contributed by atoms with Crippen molar-refractivity contribution in [3.8, 4) is 0 Å². The Morgan fingerprint density at radius 2 is 2.10 bits per heavy atom. The topological polar surface area (TPSA) is 94.9 Å². The van der Waals surface area contributed by atoms with Gasteiger partial charge in [0, 0.05) is 13.0 Å². The molecule has 110 valence electrons. The fourth-order valence-corrected chi connectivity index (χ4v) is 3.99. The van der Waals surface area contributed by atoms with Gasteiger partial charge in [-0.15, -0.1) is 0 Å². The van der Waals surface area contributed by atoms with Crippen LogP contribution in [0.1, 0.15) is 12.0 Å². The van der Waals surface area contributed by atoms with Gasteiger partial charge in [0.05, 0.1) is 6.10 Å². The van der Waals surface area contributed by atoms with Crippen molar-refractivity contribution < 1.29 is 27.8 Å². The predicted molar refractivity (Wildman–Crippen MR) is 67.1 cm³/mol. The smallest absolute Gasteiger partial charge is 0.322 e. The molecule has 1 aromatic carbocycles. The number of rotatable bonds is 3. The Balaban J connectivity index is 2.49. The number of nitrogens with zero attached hydrogens (tertiary/aromatic N) is 1. The summed E-state index contributed by atoms with van der Waals surface area (Å²) in [5, 5.41) is 18.5. The molecule has 1 saturated heterocycles. The van der Waals surface area contributed by atoms with E-state index in [9.17, 15) is 22.7 Å². The maximum atomic E-state index is 13.7. The first-order chi connectivity index (χ1) is 9.23. The predicted octanol–water partition coefficient (Wildman–Crippen LogP) is 0.343. The maximum Gasteiger partial charge on any atom is 0.322 e. The molecule has 8 heteroatoms. The van der Waals surface area contributed by atoms with E-state index in [0.717, 1.165) is 12.1 Å². The molecule has 0 spiro atoms. The lowest BCUT2D eigenvalue weighted by Crippen LogP contribution is -2.40. The van der Waals surface area contributed by atoms with E-state index in [1.54, 1.807) is 6.92 Å². The van der Waals surface area contributed by atoms with Crippen LogP contribution in [0.25, 0.3) is 0 Å². The monoisotopic (exact) mass is 303 g/mol. The lowest BCUT2D eigenvalue weighted by molar-refractivity contribution is -0.140. The quantitative estimate of drug-likeness (QED) is 0.840. The molecule has 1 aliphatic heterocycles. The summed E-state index contributed by atoms with van der Waals surface area (Å²) in [6.45, 7) is 1.25. The number of carbonyl (C=O) groups is 1. The average molecular weight is 303 g/mol. The number of hydrogen-bond donors (Lipinski definition) is 2. The van der Waals surface area contributed by atoms with Gasteiger partial charge >= 0.3 is 5.97 Å². The number of benzene rings is 1. The number of aryl methyl sites for hydroxylation is 1. The van der Waals surface area contributed by atoms with Crippen molar-refractivity contribution in [2.75, 3.05) is 6.54 Å². The molecule has 0 aliphatic carbocycles. The number of hydrogen-bond acceptors (Lipinski definition) is 4. The minimum absolute atomic E-state index is 0.206. The molecule has 2 atom stereocenters. The number of aliphatic hydroxyl groups is 1. The number of aliphatic carboxylic acids is 1. The van der Waals surface area contributed by atoms with Gasteiger partial charge in [-0.3, -0.25) is 4.79 Å². The number of sulfonamides is 1. The van der Waals surface area contributed by atoms with Gasteiger partial charge < -0.3 is 10.2 Å². The van der Waals surface area contributed by atoms with Gasteiger partial charge in [-0.2, -0.15) is 4.31 Å². The first-order valence-electron chi connectivity index (χ1n) is 5.92. The number of carboxylic acid groups (broad SMARTS) is 1. The molecule has 0 bridgehead atoms. The zero-order valence-corrected chi connectivity index (χ0v) is 11.5. The van der Waals surface area contributed by atoms with Gasteiger partial charge in [-0.1, -0.05) is 6.07 Å². The van der Waals surface area contributed by atoms with Gasteiger partial charge in [-0.05, 0) is 24.6 Å². The van der Waals surface area contributed by atoms with Crippen LogP contribution in [0.5, 0.6) is 0 Å². The van der Waals surface area contributed by atoms with Crippen molar-refractivity contribution in [3.05, 3.63) is 29.6 Å². The number of β-amino-alcohol motifs (C(OH)–C–C–N with tert-alkyl or cyclic N) is 1. The summed E-state index contributed by atoms with van der Waals surface area (Å²) in [6, 6.07) is 2.20. The van der Waals surface area contributed by atoms with Crippen LogP contribution in [0.2, 0.25) is 0 Å². The summed E-state index contributed by atoms with van der Waals surface area (Å²) in [4.78, 5) is 10.5. The SMILES string of the molecule is Cc1ccc(F)c(S(=O)(=O)N2C[C@@H](O)C[C@H]2C(=O)O)c1. The van der Waals surface area contributed by atoms with Gasteiger partial charge in [-0.25, -0.2) is 12.8 Å². The number of carboxylic acids is 1. The van der Waals surface area contributed by atoms with E-state index >= 15 is 0 Å². The molecule has 0 radical (unpaired) electrons. The molecule has 0 unspecified atom stereocenters. The van der Waals surface area contributed by atoms with E-state index < -0.39 is 38.9 Å². The molecule has 6 nitrogen and oxygen atoms in total. The average Bonchev–Trinajstić information content (AvgIpc) is 2.75. The second-order valence-corrected chi connectivity index (χ2v) is 6.61. The first kappa shape index (κ1) is 14.9. The molecule has 1 aliphatic rings. The third kappa shape index (κ3) is 2.54. The third-order valence-electron chi connectivity index (χ3n) is 3.19. The number of halogens is 1. The van der Waals surface area contributed by atoms with Crippen LogP contribution in [0.3, 0.4) is 0 Å². The highest BCUT2D eigenvalue weighted by Gasteiger charge is 2.44. The highest BCUT2D eigenvalue weighted by atomic mass is 32.2. The Labute approximate surface area is 115 Å². The highest BCUT2D eigenvalue weighted by Crippen LogP contribution is 2.28. The second kappa shape index (κ2) is 5.12. The molecule has 20 heavy (non-hydrogen) atoms. The van der Waals surface area contributed by atoms with E-state index in [0.29, 0.717) is 9.87 Å². The molecule has 2 N–H and O–H groups in total. The molecular formula is C12H14FNO5S. The molecule has 2 rings (SSSR count). The van der Waals surface area contributed by atoms with Crippen molar-refractivity contribution in [1.82, 2.24) is 4.31 Å². The standard InChI is InChI=1S/C12H14FNO5S/c1-7-2-3-9(13)11(4-7)20(18,19)14-6-8(15)5-10(14)12(16)17/h2-4,8,10,15H,5-6H2,1H3,(H,16,17)/t8-,10-/m0/s1. The molecule has 1 aromatic rings. The Hall–Kier alpha value is -1.51. The van der Waals surface area contributed by atoms with E-state index in [4.69, 9.17) is 5.11 Å². The first-order valence-corrected chi connectivity index (χ1v) is 7.36. The van der Waals surface area contributed by atoms with Gasteiger partial charge in [0.2, 0.25) is 10.0 Å². The minimum Gasteiger partial charge on any atom is -0.480 e. The van der Waals surface area contributed by atoms with E-state index in [2.05, 4.69) is 0 Å². The fraction of sp³-hybridized carbons (Fsp3) is 0.417. The van der Waals surface area contributed by atoms with Crippen molar-refractivity contribution in [1.29, 1.82) is 0 Å². The van der Waals surface area contributed by atoms with Crippen LogP contribution in [0, 0.1) is 12.7 Å². The van der Waals surface area contributed by atoms with Crippen LogP contribution in [0.15, 0.2) is 23.1 Å². The summed E-state index contributed by atoms with van der Waals surface area (Å²) < 4.78 is 39.1. The lowest BCUT2D eigenvalue weighted by Gasteiger charge is -2.21. The Kier molecular flexibility index (Phi) is 3.81. The molecule has 0 aromatic heterocycles. The van der Waals surface area contributed by atoms with Crippen molar-refractivity contribution >= 4 is 16.0 Å². The fourth-order valence-electron chi connectivity index (χ4n) is 2.21.